The number of hydrogen-bond donors (Lipinski definition) is 1. The summed E-state index contributed by atoms with van der Waals surface area (Å²) in [4.78, 5) is 29.9. The van der Waals surface area contributed by atoms with Crippen molar-refractivity contribution in [2.45, 2.75) is 11.7 Å². The molecule has 1 saturated heterocycles. The lowest BCUT2D eigenvalue weighted by atomic mass is 10.3. The molecule has 1 atom stereocenters. The minimum absolute atomic E-state index is 0.0336. The average molecular weight is 343 g/mol. The molecule has 1 heterocycles. The third-order valence-electron chi connectivity index (χ3n) is 3.45. The van der Waals surface area contributed by atoms with Crippen LogP contribution in [0.1, 0.15) is 6.42 Å². The number of imide groups is 1. The van der Waals surface area contributed by atoms with Crippen molar-refractivity contribution in [3.63, 3.8) is 0 Å². The van der Waals surface area contributed by atoms with Crippen molar-refractivity contribution in [1.82, 2.24) is 0 Å². The zero-order valence-corrected chi connectivity index (χ0v) is 13.4. The number of thioether (sulfide) groups is 1. The van der Waals surface area contributed by atoms with E-state index in [1.54, 1.807) is 12.1 Å². The largest absolute Gasteiger partial charge is 0.378 e. The molecule has 3 rings (SSSR count). The highest BCUT2D eigenvalue weighted by Gasteiger charge is 2.40. The summed E-state index contributed by atoms with van der Waals surface area (Å²) in [5, 5.41) is -0.414. The number of carbonyl (C=O) groups is 2. The minimum atomic E-state index is -0.630. The molecule has 0 saturated carbocycles. The predicted molar refractivity (Wildman–Crippen MR) is 92.6 cm³/mol. The van der Waals surface area contributed by atoms with Crippen LogP contribution in [0.5, 0.6) is 0 Å². The Balaban J connectivity index is 1.74. The van der Waals surface area contributed by atoms with E-state index in [2.05, 4.69) is 4.99 Å². The maximum absolute atomic E-state index is 13.0. The van der Waals surface area contributed by atoms with E-state index in [4.69, 9.17) is 5.73 Å². The Bertz CT molecular complexity index is 793. The lowest BCUT2D eigenvalue weighted by Gasteiger charge is -2.14. The molecule has 0 bridgehead atoms. The fraction of sp³-hybridized carbons (Fsp3) is 0.118. The number of amidine groups is 1. The molecule has 2 aromatic rings. The molecule has 0 aliphatic carbocycles. The summed E-state index contributed by atoms with van der Waals surface area (Å²) in [6, 6.07) is 14.3. The zero-order valence-electron chi connectivity index (χ0n) is 12.6. The van der Waals surface area contributed by atoms with Gasteiger partial charge in [0.2, 0.25) is 11.8 Å². The molecule has 24 heavy (non-hydrogen) atoms. The summed E-state index contributed by atoms with van der Waals surface area (Å²) in [7, 11) is 0. The van der Waals surface area contributed by atoms with E-state index in [9.17, 15) is 14.0 Å². The van der Waals surface area contributed by atoms with Gasteiger partial charge in [-0.1, -0.05) is 30.0 Å². The van der Waals surface area contributed by atoms with Crippen LogP contribution in [0.15, 0.2) is 59.6 Å². The highest BCUT2D eigenvalue weighted by molar-refractivity contribution is 8.15. The molecule has 1 aliphatic rings. The van der Waals surface area contributed by atoms with Crippen molar-refractivity contribution >= 4 is 40.1 Å². The van der Waals surface area contributed by atoms with E-state index >= 15 is 0 Å². The van der Waals surface area contributed by atoms with Crippen LogP contribution >= 0.6 is 11.8 Å². The average Bonchev–Trinajstić information content (AvgIpc) is 2.83. The number of nitrogens with zero attached hydrogens (tertiary/aromatic N) is 2. The van der Waals surface area contributed by atoms with Gasteiger partial charge in [0, 0.05) is 6.42 Å². The van der Waals surface area contributed by atoms with E-state index < -0.39 is 11.1 Å². The van der Waals surface area contributed by atoms with Crippen LogP contribution in [0.3, 0.4) is 0 Å². The Morgan fingerprint density at radius 1 is 1.12 bits per heavy atom. The number of carbonyl (C=O) groups excluding carboxylic acids is 2. The molecule has 122 valence electrons. The van der Waals surface area contributed by atoms with Crippen LogP contribution < -0.4 is 10.6 Å². The lowest BCUT2D eigenvalue weighted by Crippen LogP contribution is -2.31. The van der Waals surface area contributed by atoms with Gasteiger partial charge in [0.05, 0.1) is 11.4 Å². The number of amides is 2. The second-order valence-electron chi connectivity index (χ2n) is 5.14. The van der Waals surface area contributed by atoms with E-state index in [1.165, 1.54) is 24.3 Å². The van der Waals surface area contributed by atoms with Gasteiger partial charge in [0.1, 0.15) is 11.1 Å². The number of aliphatic imine (C=N–C) groups is 1. The van der Waals surface area contributed by atoms with Crippen molar-refractivity contribution in [2.75, 3.05) is 4.90 Å². The summed E-state index contributed by atoms with van der Waals surface area (Å²) >= 11 is 1.06. The van der Waals surface area contributed by atoms with Crippen molar-refractivity contribution in [2.24, 2.45) is 10.7 Å². The fourth-order valence-corrected chi connectivity index (χ4v) is 3.24. The molecule has 0 spiro atoms. The molecule has 5 nitrogen and oxygen atoms in total. The van der Waals surface area contributed by atoms with Crippen LogP contribution in [0.25, 0.3) is 0 Å². The summed E-state index contributed by atoms with van der Waals surface area (Å²) < 4.78 is 13.0. The first-order chi connectivity index (χ1) is 11.5. The molecule has 2 aromatic carbocycles. The van der Waals surface area contributed by atoms with Gasteiger partial charge < -0.3 is 5.73 Å². The first kappa shape index (κ1) is 16.2. The highest BCUT2D eigenvalue weighted by atomic mass is 32.2. The first-order valence-corrected chi connectivity index (χ1v) is 8.11. The zero-order chi connectivity index (χ0) is 17.1. The number of halogens is 1. The number of para-hydroxylation sites is 1. The Kier molecular flexibility index (Phi) is 4.61. The maximum Gasteiger partial charge on any atom is 0.247 e. The van der Waals surface area contributed by atoms with Crippen molar-refractivity contribution in [3.8, 4) is 0 Å². The number of hydrogen-bond acceptors (Lipinski definition) is 4. The maximum atomic E-state index is 13.0. The van der Waals surface area contributed by atoms with Gasteiger partial charge in [0.15, 0.2) is 5.17 Å². The Morgan fingerprint density at radius 3 is 2.46 bits per heavy atom. The van der Waals surface area contributed by atoms with Gasteiger partial charge in [-0.2, -0.15) is 0 Å². The molecule has 2 amide bonds. The molecule has 0 unspecified atom stereocenters. The van der Waals surface area contributed by atoms with Crippen LogP contribution in [0.4, 0.5) is 15.8 Å². The molecule has 7 heteroatoms. The van der Waals surface area contributed by atoms with E-state index in [0.29, 0.717) is 11.4 Å². The van der Waals surface area contributed by atoms with Crippen LogP contribution in [0, 0.1) is 5.82 Å². The van der Waals surface area contributed by atoms with Gasteiger partial charge >= 0.3 is 0 Å². The summed E-state index contributed by atoms with van der Waals surface area (Å²) in [6.45, 7) is 0. The van der Waals surface area contributed by atoms with Crippen LogP contribution in [-0.2, 0) is 9.59 Å². The first-order valence-electron chi connectivity index (χ1n) is 7.23. The Morgan fingerprint density at radius 2 is 1.79 bits per heavy atom. The molecule has 2 N–H and O–H groups in total. The second-order valence-corrected chi connectivity index (χ2v) is 6.36. The van der Waals surface area contributed by atoms with Crippen molar-refractivity contribution in [3.05, 3.63) is 60.4 Å². The van der Waals surface area contributed by atoms with Gasteiger partial charge in [-0.3, -0.25) is 9.59 Å². The number of benzene rings is 2. The number of anilines is 1. The van der Waals surface area contributed by atoms with Crippen molar-refractivity contribution < 1.29 is 14.0 Å². The molecule has 0 aromatic heterocycles. The standard InChI is InChI=1S/C17H14FN3O2S/c18-11-6-8-13(9-7-11)21-15(22)10-14(16(21)23)24-17(19)20-12-4-2-1-3-5-12/h1-9,14H,10H2,(H2,19,20)/t14-/m1/s1. The number of rotatable bonds is 3. The minimum Gasteiger partial charge on any atom is -0.378 e. The third-order valence-corrected chi connectivity index (χ3v) is 4.43. The third kappa shape index (κ3) is 3.46. The summed E-state index contributed by atoms with van der Waals surface area (Å²) in [5.74, 6) is -1.14. The van der Waals surface area contributed by atoms with Gasteiger partial charge in [0.25, 0.3) is 0 Å². The summed E-state index contributed by atoms with van der Waals surface area (Å²) in [5.41, 5.74) is 6.91. The van der Waals surface area contributed by atoms with Crippen molar-refractivity contribution in [1.29, 1.82) is 0 Å². The van der Waals surface area contributed by atoms with E-state index in [-0.39, 0.29) is 23.4 Å². The number of nitrogens with two attached hydrogens (primary N) is 1. The van der Waals surface area contributed by atoms with Gasteiger partial charge in [-0.05, 0) is 36.4 Å². The quantitative estimate of drug-likeness (QED) is 0.528. The normalized spacial score (nSPS) is 18.3. The topological polar surface area (TPSA) is 75.8 Å². The SMILES string of the molecule is NC(=Nc1ccccc1)S[C@@H]1CC(=O)N(c2ccc(F)cc2)C1=O. The van der Waals surface area contributed by atoms with Gasteiger partial charge in [-0.25, -0.2) is 14.3 Å². The molecular weight excluding hydrogens is 329 g/mol. The fourth-order valence-electron chi connectivity index (χ4n) is 2.36. The smallest absolute Gasteiger partial charge is 0.247 e. The highest BCUT2D eigenvalue weighted by Crippen LogP contribution is 2.30. The Hall–Kier alpha value is -2.67. The predicted octanol–water partition coefficient (Wildman–Crippen LogP) is 2.84. The lowest BCUT2D eigenvalue weighted by molar-refractivity contribution is -0.121. The Labute approximate surface area is 142 Å². The monoisotopic (exact) mass is 343 g/mol. The van der Waals surface area contributed by atoms with Crippen LogP contribution in [0.2, 0.25) is 0 Å². The molecule has 1 fully saturated rings. The van der Waals surface area contributed by atoms with Crippen LogP contribution in [-0.4, -0.2) is 22.2 Å². The van der Waals surface area contributed by atoms with E-state index in [1.807, 2.05) is 18.2 Å². The van der Waals surface area contributed by atoms with E-state index in [0.717, 1.165) is 16.7 Å². The summed E-state index contributed by atoms with van der Waals surface area (Å²) in [6.07, 6.45) is 0.0336. The van der Waals surface area contributed by atoms with Gasteiger partial charge in [-0.15, -0.1) is 0 Å². The molecule has 1 aliphatic heterocycles. The molecule has 0 radical (unpaired) electrons. The molecular formula is C17H14FN3O2S. The second kappa shape index (κ2) is 6.84.